The zero-order valence-corrected chi connectivity index (χ0v) is 34.7. The van der Waals surface area contributed by atoms with Crippen molar-refractivity contribution in [3.05, 3.63) is 135 Å². The first-order valence-electron chi connectivity index (χ1n) is 21.0. The molecule has 9 heteroatoms. The third-order valence-corrected chi connectivity index (χ3v) is 13.3. The number of pyridine rings is 1. The minimum Gasteiger partial charge on any atom is -0.488 e. The number of carbonyl (C=O) groups is 1. The number of aliphatic carboxylic acids is 1. The number of aliphatic hydroxyl groups is 1. The van der Waals surface area contributed by atoms with E-state index in [2.05, 4.69) is 84.4 Å². The molecule has 1 aliphatic heterocycles. The molecule has 0 spiro atoms. The molecule has 1 unspecified atom stereocenters. The molecule has 1 saturated carbocycles. The van der Waals surface area contributed by atoms with Crippen molar-refractivity contribution in [2.75, 3.05) is 13.1 Å². The quantitative estimate of drug-likeness (QED) is 0.114. The van der Waals surface area contributed by atoms with Crippen LogP contribution in [-0.4, -0.2) is 45.3 Å². The first kappa shape index (κ1) is 40.6. The maximum absolute atomic E-state index is 11.3. The van der Waals surface area contributed by atoms with E-state index >= 15 is 0 Å². The van der Waals surface area contributed by atoms with E-state index in [1.807, 2.05) is 12.1 Å². The Bertz CT molecular complexity index is 2390. The normalized spacial score (nSPS) is 20.1. The number of fused-ring (bicyclic) bond motifs is 1. The van der Waals surface area contributed by atoms with Gasteiger partial charge in [0.25, 0.3) is 0 Å². The molecule has 2 N–H and O–H groups in total. The second-order valence-corrected chi connectivity index (χ2v) is 17.1. The highest BCUT2D eigenvalue weighted by molar-refractivity contribution is 6.32. The molecule has 59 heavy (non-hydrogen) atoms. The van der Waals surface area contributed by atoms with E-state index in [0.29, 0.717) is 41.2 Å². The molecule has 8 nitrogen and oxygen atoms in total. The van der Waals surface area contributed by atoms with Crippen LogP contribution in [0.25, 0.3) is 22.3 Å². The van der Waals surface area contributed by atoms with Crippen LogP contribution in [0.3, 0.4) is 0 Å². The van der Waals surface area contributed by atoms with Crippen LogP contribution in [0.15, 0.2) is 85.2 Å². The van der Waals surface area contributed by atoms with Crippen molar-refractivity contribution < 1.29 is 24.5 Å². The molecule has 4 aromatic carbocycles. The van der Waals surface area contributed by atoms with Crippen molar-refractivity contribution in [3.8, 4) is 39.8 Å². The molecule has 0 bridgehead atoms. The number of carboxylic acids is 1. The predicted molar refractivity (Wildman–Crippen MR) is 231 cm³/mol. The highest BCUT2D eigenvalue weighted by atomic mass is 35.5. The van der Waals surface area contributed by atoms with E-state index in [0.717, 1.165) is 85.9 Å². The molecule has 2 aliphatic carbocycles. The molecule has 4 atom stereocenters. The second-order valence-electron chi connectivity index (χ2n) is 16.7. The Morgan fingerprint density at radius 2 is 1.69 bits per heavy atom. The van der Waals surface area contributed by atoms with E-state index in [-0.39, 0.29) is 31.0 Å². The first-order chi connectivity index (χ1) is 28.6. The molecule has 5 aromatic rings. The van der Waals surface area contributed by atoms with Crippen LogP contribution in [0.5, 0.6) is 11.5 Å². The summed E-state index contributed by atoms with van der Waals surface area (Å²) in [6.45, 7) is 6.74. The van der Waals surface area contributed by atoms with Gasteiger partial charge in [-0.3, -0.25) is 14.7 Å². The molecule has 0 radical (unpaired) electrons. The van der Waals surface area contributed by atoms with Crippen molar-refractivity contribution >= 4 is 17.6 Å². The number of rotatable bonds is 14. The number of aliphatic hydroxyl groups excluding tert-OH is 1. The van der Waals surface area contributed by atoms with Gasteiger partial charge in [0.2, 0.25) is 0 Å². The topological polar surface area (TPSA) is 116 Å². The number of aromatic nitrogens is 1. The Labute approximate surface area is 352 Å². The van der Waals surface area contributed by atoms with Gasteiger partial charge in [0.05, 0.1) is 16.7 Å². The molecule has 304 valence electrons. The average Bonchev–Trinajstić information content (AvgIpc) is 3.99. The monoisotopic (exact) mass is 809 g/mol. The lowest BCUT2D eigenvalue weighted by Gasteiger charge is -2.25. The Balaban J connectivity index is 0.997. The molecule has 8 rings (SSSR count). The molecular weight excluding hydrogens is 758 g/mol. The summed E-state index contributed by atoms with van der Waals surface area (Å²) in [5, 5.41) is 29.7. The van der Waals surface area contributed by atoms with Gasteiger partial charge in [-0.2, -0.15) is 5.26 Å². The third kappa shape index (κ3) is 9.04. The fourth-order valence-corrected chi connectivity index (χ4v) is 9.97. The third-order valence-electron chi connectivity index (χ3n) is 13.0. The highest BCUT2D eigenvalue weighted by Gasteiger charge is 2.34. The molecule has 3 aliphatic rings. The van der Waals surface area contributed by atoms with Crippen LogP contribution in [0, 0.1) is 37.0 Å². The fraction of sp³-hybridized carbons (Fsp3) is 0.380. The van der Waals surface area contributed by atoms with Gasteiger partial charge in [-0.1, -0.05) is 72.6 Å². The van der Waals surface area contributed by atoms with E-state index in [1.165, 1.54) is 39.6 Å². The maximum Gasteiger partial charge on any atom is 0.303 e. The number of halogens is 1. The molecule has 1 saturated heterocycles. The number of hydrogen-bond donors (Lipinski definition) is 2. The standard InChI is InChI=1S/C50H52ClN3O5/c1-31-40(30-59-49-24-48(58-29-35-20-34(25-52)26-53-27-35)39(23-45(49)51)13-12-36-6-4-11-47(36)55)7-3-9-42(31)43-10-5-8-41(32(43)2)37-14-16-44-38(22-37)15-17-46(44)54-19-18-33(28-54)21-50(56)57/h3,5,7-10,14,16,20,22-24,26-27,33,36,46-47,55H,4,6,11-13,15,17-19,21,28-30H2,1-2H3,(H,56,57)/t33-,36+,46?,47+/m1/s1. The Morgan fingerprint density at radius 3 is 2.49 bits per heavy atom. The summed E-state index contributed by atoms with van der Waals surface area (Å²) in [5.74, 6) is 0.999. The van der Waals surface area contributed by atoms with E-state index in [9.17, 15) is 20.3 Å². The number of aryl methyl sites for hydroxylation is 2. The smallest absolute Gasteiger partial charge is 0.303 e. The van der Waals surface area contributed by atoms with Gasteiger partial charge in [-0.15, -0.1) is 0 Å². The molecule has 2 heterocycles. The number of hydrogen-bond acceptors (Lipinski definition) is 7. The van der Waals surface area contributed by atoms with Crippen molar-refractivity contribution in [1.29, 1.82) is 5.26 Å². The minimum atomic E-state index is -0.698. The molecule has 0 amide bonds. The summed E-state index contributed by atoms with van der Waals surface area (Å²) >= 11 is 6.91. The lowest BCUT2D eigenvalue weighted by atomic mass is 9.89. The summed E-state index contributed by atoms with van der Waals surface area (Å²) in [5.41, 5.74) is 13.2. The highest BCUT2D eigenvalue weighted by Crippen LogP contribution is 2.42. The van der Waals surface area contributed by atoms with Gasteiger partial charge in [0, 0.05) is 43.0 Å². The van der Waals surface area contributed by atoms with Crippen molar-refractivity contribution in [2.45, 2.75) is 97.0 Å². The zero-order valence-electron chi connectivity index (χ0n) is 33.9. The summed E-state index contributed by atoms with van der Waals surface area (Å²) in [6, 6.07) is 27.9. The van der Waals surface area contributed by atoms with Crippen molar-refractivity contribution in [3.63, 3.8) is 0 Å². The SMILES string of the molecule is Cc1c(COc2cc(OCc3cncc(C#N)c3)c(CC[C@@H]3CCC[C@@H]3O)cc2Cl)cccc1-c1cccc(-c2ccc3c(c2)CCC3N2CC[C@H](CC(=O)O)C2)c1C. The molecule has 2 fully saturated rings. The fourth-order valence-electron chi connectivity index (χ4n) is 9.73. The van der Waals surface area contributed by atoms with E-state index in [4.69, 9.17) is 21.1 Å². The van der Waals surface area contributed by atoms with E-state index in [1.54, 1.807) is 12.3 Å². The molecular formula is C50H52ClN3O5. The number of ether oxygens (including phenoxy) is 2. The largest absolute Gasteiger partial charge is 0.488 e. The minimum absolute atomic E-state index is 0.239. The number of nitrogens with zero attached hydrogens (tertiary/aromatic N) is 3. The second kappa shape index (κ2) is 18.0. The van der Waals surface area contributed by atoms with Gasteiger partial charge in [-0.05, 0) is 145 Å². The maximum atomic E-state index is 11.3. The lowest BCUT2D eigenvalue weighted by Crippen LogP contribution is -2.25. The Kier molecular flexibility index (Phi) is 12.4. The van der Waals surface area contributed by atoms with Crippen LogP contribution < -0.4 is 9.47 Å². The lowest BCUT2D eigenvalue weighted by molar-refractivity contribution is -0.138. The van der Waals surface area contributed by atoms with Gasteiger partial charge in [0.15, 0.2) is 0 Å². The van der Waals surface area contributed by atoms with Crippen molar-refractivity contribution in [2.24, 2.45) is 11.8 Å². The Hall–Kier alpha value is -5.20. The van der Waals surface area contributed by atoms with Crippen LogP contribution in [0.1, 0.15) is 95.5 Å². The number of carboxylic acid groups (broad SMARTS) is 1. The zero-order chi connectivity index (χ0) is 41.0. The first-order valence-corrected chi connectivity index (χ1v) is 21.4. The average molecular weight is 810 g/mol. The van der Waals surface area contributed by atoms with Crippen LogP contribution in [-0.2, 0) is 30.8 Å². The van der Waals surface area contributed by atoms with E-state index < -0.39 is 5.97 Å². The van der Waals surface area contributed by atoms with Crippen molar-refractivity contribution in [1.82, 2.24) is 9.88 Å². The summed E-state index contributed by atoms with van der Waals surface area (Å²) in [6.07, 6.45) is 10.8. The summed E-state index contributed by atoms with van der Waals surface area (Å²) in [4.78, 5) is 18.0. The van der Waals surface area contributed by atoms with Gasteiger partial charge in [-0.25, -0.2) is 0 Å². The van der Waals surface area contributed by atoms with Crippen LogP contribution in [0.2, 0.25) is 5.02 Å². The number of benzene rings is 4. The van der Waals surface area contributed by atoms with Gasteiger partial charge >= 0.3 is 5.97 Å². The summed E-state index contributed by atoms with van der Waals surface area (Å²) < 4.78 is 12.8. The van der Waals surface area contributed by atoms with Gasteiger partial charge in [0.1, 0.15) is 30.8 Å². The number of nitriles is 1. The van der Waals surface area contributed by atoms with Crippen LogP contribution >= 0.6 is 11.6 Å². The molecule has 1 aromatic heterocycles. The van der Waals surface area contributed by atoms with Gasteiger partial charge < -0.3 is 19.7 Å². The predicted octanol–water partition coefficient (Wildman–Crippen LogP) is 10.6. The summed E-state index contributed by atoms with van der Waals surface area (Å²) in [7, 11) is 0. The van der Waals surface area contributed by atoms with Crippen LogP contribution in [0.4, 0.5) is 0 Å². The number of likely N-dealkylation sites (tertiary alicyclic amines) is 1. The Morgan fingerprint density at radius 1 is 0.898 bits per heavy atom.